The Morgan fingerprint density at radius 3 is 2.20 bits per heavy atom. The molecular weight excluding hydrogens is 335 g/mol. The summed E-state index contributed by atoms with van der Waals surface area (Å²) >= 11 is 3.29. The summed E-state index contributed by atoms with van der Waals surface area (Å²) in [5.41, 5.74) is 7.01. The molecule has 0 saturated heterocycles. The van der Waals surface area contributed by atoms with Crippen molar-refractivity contribution < 1.29 is 17.9 Å². The smallest absolute Gasteiger partial charge is 0.405 e. The Morgan fingerprint density at radius 2 is 1.60 bits per heavy atom. The number of rotatable bonds is 3. The highest BCUT2D eigenvalue weighted by atomic mass is 79.9. The molecule has 0 aliphatic heterocycles. The summed E-state index contributed by atoms with van der Waals surface area (Å²) in [5.74, 6) is -0.282. The van der Waals surface area contributed by atoms with Gasteiger partial charge in [-0.25, -0.2) is 0 Å². The van der Waals surface area contributed by atoms with Crippen LogP contribution in [0.5, 0.6) is 5.75 Å². The molecule has 0 aliphatic carbocycles. The molecule has 106 valence electrons. The van der Waals surface area contributed by atoms with Crippen molar-refractivity contribution in [2.75, 3.05) is 0 Å². The standard InChI is InChI=1S/C14H11BrF3NO/c15-10-7-5-9(6-8-10)13(19)11-3-1-2-4-12(11)20-14(16,17)18/h1-8,13H,19H2. The lowest BCUT2D eigenvalue weighted by molar-refractivity contribution is -0.274. The Hall–Kier alpha value is -1.53. The van der Waals surface area contributed by atoms with Gasteiger partial charge in [0.05, 0.1) is 6.04 Å². The summed E-state index contributed by atoms with van der Waals surface area (Å²) in [6.07, 6.45) is -4.74. The number of halogens is 4. The molecule has 0 bridgehead atoms. The van der Waals surface area contributed by atoms with Crippen LogP contribution in [0.15, 0.2) is 53.0 Å². The second kappa shape index (κ2) is 5.85. The van der Waals surface area contributed by atoms with Crippen LogP contribution < -0.4 is 10.5 Å². The summed E-state index contributed by atoms with van der Waals surface area (Å²) in [4.78, 5) is 0. The Kier molecular flexibility index (Phi) is 4.35. The zero-order chi connectivity index (χ0) is 14.8. The van der Waals surface area contributed by atoms with E-state index in [9.17, 15) is 13.2 Å². The van der Waals surface area contributed by atoms with Crippen molar-refractivity contribution in [3.63, 3.8) is 0 Å². The molecule has 0 radical (unpaired) electrons. The molecule has 2 N–H and O–H groups in total. The van der Waals surface area contributed by atoms with Gasteiger partial charge in [0.25, 0.3) is 0 Å². The monoisotopic (exact) mass is 345 g/mol. The van der Waals surface area contributed by atoms with E-state index in [0.29, 0.717) is 5.56 Å². The summed E-state index contributed by atoms with van der Waals surface area (Å²) in [6, 6.07) is 12.2. The number of hydrogen-bond donors (Lipinski definition) is 1. The van der Waals surface area contributed by atoms with Gasteiger partial charge >= 0.3 is 6.36 Å². The molecule has 2 aromatic carbocycles. The maximum atomic E-state index is 12.4. The third-order valence-corrected chi connectivity index (χ3v) is 3.24. The van der Waals surface area contributed by atoms with Crippen molar-refractivity contribution >= 4 is 15.9 Å². The maximum Gasteiger partial charge on any atom is 0.573 e. The van der Waals surface area contributed by atoms with E-state index in [1.165, 1.54) is 18.2 Å². The van der Waals surface area contributed by atoms with Crippen LogP contribution in [-0.4, -0.2) is 6.36 Å². The normalized spacial score (nSPS) is 13.1. The number of benzene rings is 2. The minimum Gasteiger partial charge on any atom is -0.405 e. The molecule has 1 unspecified atom stereocenters. The number of ether oxygens (including phenoxy) is 1. The molecule has 0 saturated carbocycles. The summed E-state index contributed by atoms with van der Waals surface area (Å²) in [6.45, 7) is 0. The summed E-state index contributed by atoms with van der Waals surface area (Å²) in [7, 11) is 0. The van der Waals surface area contributed by atoms with Crippen LogP contribution >= 0.6 is 15.9 Å². The predicted octanol–water partition coefficient (Wildman–Crippen LogP) is 4.40. The van der Waals surface area contributed by atoms with Crippen LogP contribution in [0.2, 0.25) is 0 Å². The zero-order valence-corrected chi connectivity index (χ0v) is 11.8. The quantitative estimate of drug-likeness (QED) is 0.894. The van der Waals surface area contributed by atoms with E-state index in [1.54, 1.807) is 30.3 Å². The Morgan fingerprint density at radius 1 is 1.00 bits per heavy atom. The molecule has 0 aliphatic rings. The number of alkyl halides is 3. The van der Waals surface area contributed by atoms with Gasteiger partial charge in [-0.1, -0.05) is 46.3 Å². The molecule has 0 heterocycles. The predicted molar refractivity (Wildman–Crippen MR) is 73.3 cm³/mol. The average Bonchev–Trinajstić information content (AvgIpc) is 2.37. The molecule has 6 heteroatoms. The van der Waals surface area contributed by atoms with Gasteiger partial charge in [0.2, 0.25) is 0 Å². The molecule has 0 aromatic heterocycles. The van der Waals surface area contributed by atoms with Gasteiger partial charge in [-0.3, -0.25) is 0 Å². The van der Waals surface area contributed by atoms with E-state index < -0.39 is 12.4 Å². The van der Waals surface area contributed by atoms with Crippen molar-refractivity contribution in [3.8, 4) is 5.75 Å². The van der Waals surface area contributed by atoms with Gasteiger partial charge in [0, 0.05) is 10.0 Å². The Bertz CT molecular complexity index is 584. The molecule has 20 heavy (non-hydrogen) atoms. The van der Waals surface area contributed by atoms with Gasteiger partial charge in [-0.2, -0.15) is 0 Å². The van der Waals surface area contributed by atoms with Crippen LogP contribution in [0.25, 0.3) is 0 Å². The fourth-order valence-electron chi connectivity index (χ4n) is 1.80. The average molecular weight is 346 g/mol. The third-order valence-electron chi connectivity index (χ3n) is 2.71. The highest BCUT2D eigenvalue weighted by Gasteiger charge is 2.32. The number of para-hydroxylation sites is 1. The van der Waals surface area contributed by atoms with Crippen LogP contribution in [0, 0.1) is 0 Å². The van der Waals surface area contributed by atoms with Crippen LogP contribution in [0.4, 0.5) is 13.2 Å². The fraction of sp³-hybridized carbons (Fsp3) is 0.143. The topological polar surface area (TPSA) is 35.2 Å². The van der Waals surface area contributed by atoms with Gasteiger partial charge in [0.1, 0.15) is 5.75 Å². The minimum absolute atomic E-state index is 0.282. The van der Waals surface area contributed by atoms with E-state index in [1.807, 2.05) is 0 Å². The van der Waals surface area contributed by atoms with E-state index in [2.05, 4.69) is 20.7 Å². The van der Waals surface area contributed by atoms with Gasteiger partial charge < -0.3 is 10.5 Å². The number of nitrogens with two attached hydrogens (primary N) is 1. The van der Waals surface area contributed by atoms with Gasteiger partial charge in [-0.05, 0) is 23.8 Å². The highest BCUT2D eigenvalue weighted by molar-refractivity contribution is 9.10. The van der Waals surface area contributed by atoms with E-state index in [4.69, 9.17) is 5.73 Å². The lowest BCUT2D eigenvalue weighted by atomic mass is 9.99. The van der Waals surface area contributed by atoms with E-state index in [0.717, 1.165) is 4.47 Å². The molecular formula is C14H11BrF3NO. The van der Waals surface area contributed by atoms with Gasteiger partial charge in [-0.15, -0.1) is 13.2 Å². The van der Waals surface area contributed by atoms with E-state index in [-0.39, 0.29) is 11.3 Å². The van der Waals surface area contributed by atoms with E-state index >= 15 is 0 Å². The highest BCUT2D eigenvalue weighted by Crippen LogP contribution is 2.32. The van der Waals surface area contributed by atoms with Crippen LogP contribution in [-0.2, 0) is 0 Å². The molecule has 0 spiro atoms. The molecule has 2 aromatic rings. The Labute approximate surface area is 122 Å². The fourth-order valence-corrected chi connectivity index (χ4v) is 2.07. The lowest BCUT2D eigenvalue weighted by Crippen LogP contribution is -2.20. The second-order valence-electron chi connectivity index (χ2n) is 4.11. The first-order chi connectivity index (χ1) is 9.37. The lowest BCUT2D eigenvalue weighted by Gasteiger charge is -2.18. The van der Waals surface area contributed by atoms with Crippen molar-refractivity contribution in [3.05, 3.63) is 64.1 Å². The largest absolute Gasteiger partial charge is 0.573 e. The minimum atomic E-state index is -4.74. The third kappa shape index (κ3) is 3.74. The van der Waals surface area contributed by atoms with Crippen molar-refractivity contribution in [2.45, 2.75) is 12.4 Å². The first-order valence-corrected chi connectivity index (χ1v) is 6.52. The summed E-state index contributed by atoms with van der Waals surface area (Å²) < 4.78 is 42.0. The van der Waals surface area contributed by atoms with Crippen LogP contribution in [0.1, 0.15) is 17.2 Å². The molecule has 0 fully saturated rings. The van der Waals surface area contributed by atoms with Crippen molar-refractivity contribution in [2.24, 2.45) is 5.73 Å². The van der Waals surface area contributed by atoms with Crippen LogP contribution in [0.3, 0.4) is 0 Å². The zero-order valence-electron chi connectivity index (χ0n) is 10.2. The number of hydrogen-bond acceptors (Lipinski definition) is 2. The first-order valence-electron chi connectivity index (χ1n) is 5.72. The molecule has 2 nitrogen and oxygen atoms in total. The SMILES string of the molecule is NC(c1ccc(Br)cc1)c1ccccc1OC(F)(F)F. The second-order valence-corrected chi connectivity index (χ2v) is 5.03. The molecule has 0 amide bonds. The molecule has 2 rings (SSSR count). The molecule has 1 atom stereocenters. The maximum absolute atomic E-state index is 12.4. The van der Waals surface area contributed by atoms with Gasteiger partial charge in [0.15, 0.2) is 0 Å². The van der Waals surface area contributed by atoms with Crippen molar-refractivity contribution in [1.29, 1.82) is 0 Å². The Balaban J connectivity index is 2.34. The first kappa shape index (κ1) is 14.9. The van der Waals surface area contributed by atoms with Crippen molar-refractivity contribution in [1.82, 2.24) is 0 Å². The summed E-state index contributed by atoms with van der Waals surface area (Å²) in [5, 5.41) is 0.